The van der Waals surface area contributed by atoms with E-state index in [1.807, 2.05) is 24.3 Å². The predicted octanol–water partition coefficient (Wildman–Crippen LogP) is 4.06. The van der Waals surface area contributed by atoms with Crippen molar-refractivity contribution in [2.75, 3.05) is 44.7 Å². The van der Waals surface area contributed by atoms with Crippen LogP contribution in [-0.4, -0.2) is 54.8 Å². The van der Waals surface area contributed by atoms with Crippen LogP contribution in [0.5, 0.6) is 5.75 Å². The molecule has 1 fully saturated rings. The lowest BCUT2D eigenvalue weighted by Crippen LogP contribution is -2.52. The van der Waals surface area contributed by atoms with Gasteiger partial charge >= 0.3 is 0 Å². The van der Waals surface area contributed by atoms with Crippen LogP contribution in [0.15, 0.2) is 60.0 Å². The maximum atomic E-state index is 5.61. The summed E-state index contributed by atoms with van der Waals surface area (Å²) in [4.78, 5) is 9.46. The van der Waals surface area contributed by atoms with Crippen molar-refractivity contribution in [1.29, 1.82) is 0 Å². The minimum atomic E-state index is 0.849. The van der Waals surface area contributed by atoms with E-state index in [1.165, 1.54) is 5.56 Å². The Labute approximate surface area is 187 Å². The van der Waals surface area contributed by atoms with Crippen LogP contribution in [0.3, 0.4) is 0 Å². The van der Waals surface area contributed by atoms with Crippen molar-refractivity contribution in [3.63, 3.8) is 0 Å². The van der Waals surface area contributed by atoms with E-state index in [0.29, 0.717) is 0 Å². The second-order valence-electron chi connectivity index (χ2n) is 7.19. The van der Waals surface area contributed by atoms with Crippen molar-refractivity contribution in [3.8, 4) is 17.0 Å². The molecule has 1 aromatic heterocycles. The number of aromatic nitrogens is 1. The van der Waals surface area contributed by atoms with E-state index in [2.05, 4.69) is 50.8 Å². The number of hydrogen-bond donors (Lipinski definition) is 1. The molecule has 0 atom stereocenters. The third-order valence-electron chi connectivity index (χ3n) is 5.23. The molecule has 0 amide bonds. The molecule has 156 valence electrons. The normalized spacial score (nSPS) is 13.9. The minimum absolute atomic E-state index is 0.849. The molecule has 5 nitrogen and oxygen atoms in total. The molecular weight excluding hydrogens is 412 g/mol. The Bertz CT molecular complexity index is 968. The molecule has 4 rings (SSSR count). The summed E-state index contributed by atoms with van der Waals surface area (Å²) >= 11 is 7.30. The zero-order valence-corrected chi connectivity index (χ0v) is 18.7. The maximum absolute atomic E-state index is 5.61. The van der Waals surface area contributed by atoms with Gasteiger partial charge < -0.3 is 19.9 Å². The van der Waals surface area contributed by atoms with Gasteiger partial charge in [-0.15, -0.1) is 11.3 Å². The van der Waals surface area contributed by atoms with Crippen molar-refractivity contribution in [2.24, 2.45) is 0 Å². The quantitative estimate of drug-likeness (QED) is 0.586. The standard InChI is InChI=1S/C23H26N4OS2/c1-28-20-9-5-8-19(16-20)21-17-30-23(25-21)27-14-12-26(13-15-27)22(29)24-11-10-18-6-3-2-4-7-18/h2-9,16-17H,10-15H2,1H3,(H,24,29). The van der Waals surface area contributed by atoms with Crippen LogP contribution in [0.4, 0.5) is 5.13 Å². The van der Waals surface area contributed by atoms with E-state index < -0.39 is 0 Å². The van der Waals surface area contributed by atoms with Gasteiger partial charge in [0.25, 0.3) is 0 Å². The molecule has 0 saturated carbocycles. The molecule has 0 radical (unpaired) electrons. The third-order valence-corrected chi connectivity index (χ3v) is 6.53. The highest BCUT2D eigenvalue weighted by Crippen LogP contribution is 2.29. The topological polar surface area (TPSA) is 40.6 Å². The van der Waals surface area contributed by atoms with E-state index in [-0.39, 0.29) is 0 Å². The number of nitrogens with one attached hydrogen (secondary N) is 1. The van der Waals surface area contributed by atoms with E-state index in [4.69, 9.17) is 21.9 Å². The summed E-state index contributed by atoms with van der Waals surface area (Å²) < 4.78 is 5.33. The molecule has 0 bridgehead atoms. The lowest BCUT2D eigenvalue weighted by molar-refractivity contribution is 0.380. The van der Waals surface area contributed by atoms with Crippen molar-refractivity contribution < 1.29 is 4.74 Å². The van der Waals surface area contributed by atoms with Crippen molar-refractivity contribution in [3.05, 3.63) is 65.5 Å². The maximum Gasteiger partial charge on any atom is 0.185 e. The molecule has 7 heteroatoms. The molecule has 1 aliphatic heterocycles. The lowest BCUT2D eigenvalue weighted by atomic mass is 10.1. The first-order valence-corrected chi connectivity index (χ1v) is 11.4. The summed E-state index contributed by atoms with van der Waals surface area (Å²) in [7, 11) is 1.69. The third kappa shape index (κ3) is 5.09. The van der Waals surface area contributed by atoms with Crippen LogP contribution >= 0.6 is 23.6 Å². The summed E-state index contributed by atoms with van der Waals surface area (Å²) in [5, 5.41) is 7.44. The number of methoxy groups -OCH3 is 1. The van der Waals surface area contributed by atoms with Gasteiger partial charge in [0.15, 0.2) is 10.2 Å². The molecule has 1 N–H and O–H groups in total. The Balaban J connectivity index is 1.27. The lowest BCUT2D eigenvalue weighted by Gasteiger charge is -2.36. The highest BCUT2D eigenvalue weighted by Gasteiger charge is 2.21. The Kier molecular flexibility index (Phi) is 6.81. The summed E-state index contributed by atoms with van der Waals surface area (Å²) in [6.45, 7) is 4.52. The van der Waals surface area contributed by atoms with Gasteiger partial charge in [0, 0.05) is 43.7 Å². The fraction of sp³-hybridized carbons (Fsp3) is 0.304. The number of piperazine rings is 1. The molecule has 2 aromatic carbocycles. The average molecular weight is 439 g/mol. The smallest absolute Gasteiger partial charge is 0.185 e. The molecule has 0 aliphatic carbocycles. The number of rotatable bonds is 6. The number of thiocarbonyl (C=S) groups is 1. The first-order valence-electron chi connectivity index (χ1n) is 10.1. The van der Waals surface area contributed by atoms with E-state index in [1.54, 1.807) is 18.4 Å². The Morgan fingerprint density at radius 1 is 1.10 bits per heavy atom. The molecule has 30 heavy (non-hydrogen) atoms. The van der Waals surface area contributed by atoms with Crippen molar-refractivity contribution in [2.45, 2.75) is 6.42 Å². The van der Waals surface area contributed by atoms with Crippen molar-refractivity contribution in [1.82, 2.24) is 15.2 Å². The van der Waals surface area contributed by atoms with Crippen LogP contribution in [-0.2, 0) is 6.42 Å². The van der Waals surface area contributed by atoms with Gasteiger partial charge in [0.1, 0.15) is 5.75 Å². The van der Waals surface area contributed by atoms with Gasteiger partial charge in [-0.1, -0.05) is 42.5 Å². The monoisotopic (exact) mass is 438 g/mol. The fourth-order valence-corrected chi connectivity index (χ4v) is 4.67. The largest absolute Gasteiger partial charge is 0.497 e. The zero-order chi connectivity index (χ0) is 20.8. The molecule has 1 saturated heterocycles. The fourth-order valence-electron chi connectivity index (χ4n) is 3.50. The summed E-state index contributed by atoms with van der Waals surface area (Å²) in [5.41, 5.74) is 3.40. The van der Waals surface area contributed by atoms with Gasteiger partial charge in [-0.2, -0.15) is 0 Å². The predicted molar refractivity (Wildman–Crippen MR) is 129 cm³/mol. The van der Waals surface area contributed by atoms with Crippen molar-refractivity contribution >= 4 is 33.8 Å². The van der Waals surface area contributed by atoms with Gasteiger partial charge in [0.2, 0.25) is 0 Å². The number of nitrogens with zero attached hydrogens (tertiary/aromatic N) is 3. The number of benzene rings is 2. The minimum Gasteiger partial charge on any atom is -0.497 e. The Morgan fingerprint density at radius 3 is 2.67 bits per heavy atom. The molecule has 1 aliphatic rings. The first-order chi connectivity index (χ1) is 14.7. The van der Waals surface area contributed by atoms with E-state index in [0.717, 1.165) is 66.4 Å². The molecule has 2 heterocycles. The van der Waals surface area contributed by atoms with E-state index in [9.17, 15) is 0 Å². The first kappa shape index (κ1) is 20.6. The van der Waals surface area contributed by atoms with E-state index >= 15 is 0 Å². The summed E-state index contributed by atoms with van der Waals surface area (Å²) in [6, 6.07) is 18.5. The molecule has 0 unspecified atom stereocenters. The van der Waals surface area contributed by atoms with Gasteiger partial charge in [-0.3, -0.25) is 0 Å². The van der Waals surface area contributed by atoms with Crippen LogP contribution in [0.2, 0.25) is 0 Å². The van der Waals surface area contributed by atoms with Crippen LogP contribution in [0, 0.1) is 0 Å². The highest BCUT2D eigenvalue weighted by molar-refractivity contribution is 7.80. The average Bonchev–Trinajstić information content (AvgIpc) is 3.30. The Hall–Kier alpha value is -2.64. The number of ether oxygens (including phenoxy) is 1. The van der Waals surface area contributed by atoms with Gasteiger partial charge in [-0.05, 0) is 36.3 Å². The number of anilines is 1. The van der Waals surface area contributed by atoms with Crippen LogP contribution < -0.4 is 15.0 Å². The second-order valence-corrected chi connectivity index (χ2v) is 8.41. The molecule has 0 spiro atoms. The number of thiazole rings is 1. The second kappa shape index (κ2) is 9.91. The molecular formula is C23H26N4OS2. The van der Waals surface area contributed by atoms with Gasteiger partial charge in [0.05, 0.1) is 12.8 Å². The Morgan fingerprint density at radius 2 is 1.90 bits per heavy atom. The number of hydrogen-bond acceptors (Lipinski definition) is 5. The summed E-state index contributed by atoms with van der Waals surface area (Å²) in [5.74, 6) is 0.851. The summed E-state index contributed by atoms with van der Waals surface area (Å²) in [6.07, 6.45) is 0.979. The highest BCUT2D eigenvalue weighted by atomic mass is 32.1. The molecule has 3 aromatic rings. The van der Waals surface area contributed by atoms with Crippen LogP contribution in [0.1, 0.15) is 5.56 Å². The SMILES string of the molecule is COc1cccc(-c2csc(N3CCN(C(=S)NCCc4ccccc4)CC3)n2)c1. The zero-order valence-electron chi connectivity index (χ0n) is 17.1. The van der Waals surface area contributed by atoms with Gasteiger partial charge in [-0.25, -0.2) is 4.98 Å². The van der Waals surface area contributed by atoms with Crippen LogP contribution in [0.25, 0.3) is 11.3 Å².